The van der Waals surface area contributed by atoms with E-state index in [2.05, 4.69) is 5.32 Å². The van der Waals surface area contributed by atoms with Crippen LogP contribution in [0.4, 0.5) is 0 Å². The van der Waals surface area contributed by atoms with Gasteiger partial charge in [-0.3, -0.25) is 4.79 Å². The van der Waals surface area contributed by atoms with Gasteiger partial charge in [-0.05, 0) is 36.8 Å². The van der Waals surface area contributed by atoms with Crippen LogP contribution in [0.2, 0.25) is 10.0 Å². The van der Waals surface area contributed by atoms with E-state index in [-0.39, 0.29) is 23.2 Å². The Kier molecular flexibility index (Phi) is 6.02. The fourth-order valence-corrected chi connectivity index (χ4v) is 2.39. The van der Waals surface area contributed by atoms with Crippen molar-refractivity contribution in [2.75, 3.05) is 6.61 Å². The molecule has 0 saturated heterocycles. The van der Waals surface area contributed by atoms with Gasteiger partial charge in [-0.2, -0.15) is 0 Å². The summed E-state index contributed by atoms with van der Waals surface area (Å²) in [6.07, 6.45) is 0. The molecule has 0 bridgehead atoms. The summed E-state index contributed by atoms with van der Waals surface area (Å²) in [5, 5.41) is 3.61. The van der Waals surface area contributed by atoms with Gasteiger partial charge in [0.15, 0.2) is 6.61 Å². The molecule has 2 rings (SSSR count). The number of carbonyl (C=O) groups excluding carboxylic acids is 2. The lowest BCUT2D eigenvalue weighted by Gasteiger charge is -2.14. The fraction of sp³-hybridized carbons (Fsp3) is 0.176. The van der Waals surface area contributed by atoms with Gasteiger partial charge < -0.3 is 10.1 Å². The van der Waals surface area contributed by atoms with Crippen molar-refractivity contribution in [2.45, 2.75) is 13.0 Å². The Morgan fingerprint density at radius 1 is 1.13 bits per heavy atom. The smallest absolute Gasteiger partial charge is 0.340 e. The van der Waals surface area contributed by atoms with Gasteiger partial charge in [0.2, 0.25) is 0 Å². The second kappa shape index (κ2) is 7.99. The molecule has 6 heteroatoms. The summed E-state index contributed by atoms with van der Waals surface area (Å²) in [6, 6.07) is 13.4. The highest BCUT2D eigenvalue weighted by Gasteiger charge is 2.15. The molecular formula is C17H15Cl2NO3. The molecule has 1 amide bonds. The van der Waals surface area contributed by atoms with Gasteiger partial charge in [0.1, 0.15) is 0 Å². The van der Waals surface area contributed by atoms with Crippen LogP contribution in [0, 0.1) is 0 Å². The molecule has 0 saturated carbocycles. The van der Waals surface area contributed by atoms with E-state index in [9.17, 15) is 9.59 Å². The third-order valence-electron chi connectivity index (χ3n) is 3.15. The monoisotopic (exact) mass is 351 g/mol. The Labute approximate surface area is 144 Å². The number of esters is 1. The van der Waals surface area contributed by atoms with Crippen molar-refractivity contribution in [2.24, 2.45) is 0 Å². The quantitative estimate of drug-likeness (QED) is 0.827. The maximum Gasteiger partial charge on any atom is 0.340 e. The molecule has 0 unspecified atom stereocenters. The maximum absolute atomic E-state index is 11.9. The van der Waals surface area contributed by atoms with Crippen molar-refractivity contribution in [3.63, 3.8) is 0 Å². The third kappa shape index (κ3) is 4.98. The predicted octanol–water partition coefficient (Wildman–Crippen LogP) is 4.03. The maximum atomic E-state index is 11.9. The molecule has 0 heterocycles. The first-order chi connectivity index (χ1) is 11.0. The number of halogens is 2. The number of ether oxygens (including phenoxy) is 1. The molecule has 1 N–H and O–H groups in total. The molecule has 0 spiro atoms. The fourth-order valence-electron chi connectivity index (χ4n) is 1.98. The molecule has 0 radical (unpaired) electrons. The SMILES string of the molecule is C[C@@H](NC(=O)COC(=O)c1ccccc1Cl)c1cccc(Cl)c1. The molecule has 2 aromatic carbocycles. The van der Waals surface area contributed by atoms with Crippen LogP contribution in [0.3, 0.4) is 0 Å². The van der Waals surface area contributed by atoms with Gasteiger partial charge in [-0.1, -0.05) is 47.5 Å². The van der Waals surface area contributed by atoms with E-state index < -0.39 is 11.9 Å². The van der Waals surface area contributed by atoms with E-state index in [1.54, 1.807) is 36.4 Å². The lowest BCUT2D eigenvalue weighted by Crippen LogP contribution is -2.31. The number of rotatable bonds is 5. The lowest BCUT2D eigenvalue weighted by atomic mass is 10.1. The Morgan fingerprint density at radius 3 is 2.57 bits per heavy atom. The van der Waals surface area contributed by atoms with Gasteiger partial charge in [0.05, 0.1) is 16.6 Å². The first-order valence-corrected chi connectivity index (χ1v) is 7.69. The third-order valence-corrected chi connectivity index (χ3v) is 3.72. The molecule has 0 aliphatic heterocycles. The molecule has 2 aromatic rings. The molecule has 0 aromatic heterocycles. The molecule has 1 atom stereocenters. The number of hydrogen-bond donors (Lipinski definition) is 1. The lowest BCUT2D eigenvalue weighted by molar-refractivity contribution is -0.124. The van der Waals surface area contributed by atoms with Gasteiger partial charge >= 0.3 is 5.97 Å². The van der Waals surface area contributed by atoms with Crippen LogP contribution in [0.1, 0.15) is 28.9 Å². The zero-order chi connectivity index (χ0) is 16.8. The molecule has 23 heavy (non-hydrogen) atoms. The highest BCUT2D eigenvalue weighted by Crippen LogP contribution is 2.18. The highest BCUT2D eigenvalue weighted by atomic mass is 35.5. The first-order valence-electron chi connectivity index (χ1n) is 6.94. The number of amides is 1. The van der Waals surface area contributed by atoms with Gasteiger partial charge in [-0.25, -0.2) is 4.79 Å². The van der Waals surface area contributed by atoms with Crippen molar-refractivity contribution in [1.29, 1.82) is 0 Å². The van der Waals surface area contributed by atoms with Crippen LogP contribution in [0.5, 0.6) is 0 Å². The van der Waals surface area contributed by atoms with Gasteiger partial charge in [0, 0.05) is 5.02 Å². The minimum atomic E-state index is -0.638. The van der Waals surface area contributed by atoms with E-state index in [0.717, 1.165) is 5.56 Å². The summed E-state index contributed by atoms with van der Waals surface area (Å²) >= 11 is 11.8. The van der Waals surface area contributed by atoms with E-state index in [0.29, 0.717) is 5.02 Å². The van der Waals surface area contributed by atoms with Gasteiger partial charge in [0.25, 0.3) is 5.91 Å². The average Bonchev–Trinajstić information content (AvgIpc) is 2.53. The predicted molar refractivity (Wildman–Crippen MR) is 89.7 cm³/mol. The molecular weight excluding hydrogens is 337 g/mol. The van der Waals surface area contributed by atoms with Crippen LogP contribution in [-0.4, -0.2) is 18.5 Å². The summed E-state index contributed by atoms with van der Waals surface area (Å²) in [7, 11) is 0. The number of hydrogen-bond acceptors (Lipinski definition) is 3. The molecule has 120 valence electrons. The minimum absolute atomic E-state index is 0.227. The van der Waals surface area contributed by atoms with Crippen molar-refractivity contribution >= 4 is 35.1 Å². The second-order valence-corrected chi connectivity index (χ2v) is 5.74. The Morgan fingerprint density at radius 2 is 1.87 bits per heavy atom. The van der Waals surface area contributed by atoms with Crippen molar-refractivity contribution in [3.8, 4) is 0 Å². The topological polar surface area (TPSA) is 55.4 Å². The summed E-state index contributed by atoms with van der Waals surface area (Å²) in [4.78, 5) is 23.7. The van der Waals surface area contributed by atoms with E-state index >= 15 is 0 Å². The number of benzene rings is 2. The normalized spacial score (nSPS) is 11.6. The second-order valence-electron chi connectivity index (χ2n) is 4.90. The number of nitrogens with one attached hydrogen (secondary N) is 1. The summed E-state index contributed by atoms with van der Waals surface area (Å²) in [5.74, 6) is -1.04. The summed E-state index contributed by atoms with van der Waals surface area (Å²) in [5.41, 5.74) is 1.09. The Balaban J connectivity index is 1.88. The molecule has 0 aliphatic carbocycles. The minimum Gasteiger partial charge on any atom is -0.452 e. The van der Waals surface area contributed by atoms with Crippen molar-refractivity contribution in [3.05, 3.63) is 69.7 Å². The van der Waals surface area contributed by atoms with Crippen LogP contribution < -0.4 is 5.32 Å². The summed E-state index contributed by atoms with van der Waals surface area (Å²) < 4.78 is 4.97. The molecule has 4 nitrogen and oxygen atoms in total. The van der Waals surface area contributed by atoms with Crippen LogP contribution >= 0.6 is 23.2 Å². The Hall–Kier alpha value is -2.04. The average molecular weight is 352 g/mol. The van der Waals surface area contributed by atoms with Gasteiger partial charge in [-0.15, -0.1) is 0 Å². The summed E-state index contributed by atoms with van der Waals surface area (Å²) in [6.45, 7) is 1.44. The zero-order valence-corrected chi connectivity index (χ0v) is 13.9. The first kappa shape index (κ1) is 17.3. The molecule has 0 fully saturated rings. The largest absolute Gasteiger partial charge is 0.452 e. The standard InChI is InChI=1S/C17H15Cl2NO3/c1-11(12-5-4-6-13(18)9-12)20-16(21)10-23-17(22)14-7-2-3-8-15(14)19/h2-9,11H,10H2,1H3,(H,20,21)/t11-/m1/s1. The molecule has 0 aliphatic rings. The number of carbonyl (C=O) groups is 2. The van der Waals surface area contributed by atoms with Crippen LogP contribution in [0.15, 0.2) is 48.5 Å². The highest BCUT2D eigenvalue weighted by molar-refractivity contribution is 6.33. The van der Waals surface area contributed by atoms with Crippen molar-refractivity contribution < 1.29 is 14.3 Å². The van der Waals surface area contributed by atoms with Crippen LogP contribution in [-0.2, 0) is 9.53 Å². The van der Waals surface area contributed by atoms with Crippen molar-refractivity contribution in [1.82, 2.24) is 5.32 Å². The van der Waals surface area contributed by atoms with E-state index in [4.69, 9.17) is 27.9 Å². The van der Waals surface area contributed by atoms with E-state index in [1.807, 2.05) is 13.0 Å². The van der Waals surface area contributed by atoms with E-state index in [1.165, 1.54) is 6.07 Å². The zero-order valence-electron chi connectivity index (χ0n) is 12.4. The van der Waals surface area contributed by atoms with Crippen LogP contribution in [0.25, 0.3) is 0 Å². The Bertz CT molecular complexity index is 718.